The van der Waals surface area contributed by atoms with Crippen molar-refractivity contribution in [2.75, 3.05) is 0 Å². The van der Waals surface area contributed by atoms with E-state index in [1.807, 2.05) is 173 Å². The minimum atomic E-state index is -0.435. The number of para-hydroxylation sites is 4. The Balaban J connectivity index is 0.000000131. The van der Waals surface area contributed by atoms with Crippen molar-refractivity contribution >= 4 is 72.1 Å². The van der Waals surface area contributed by atoms with Crippen LogP contribution in [-0.4, -0.2) is 47.4 Å². The van der Waals surface area contributed by atoms with Gasteiger partial charge in [-0.3, -0.25) is 0 Å². The summed E-state index contributed by atoms with van der Waals surface area (Å²) in [5.41, 5.74) is 18.2. The Kier molecular flexibility index (Phi) is 17.5. The van der Waals surface area contributed by atoms with Gasteiger partial charge >= 0.3 is 7.12 Å². The largest absolute Gasteiger partial charge is 0.494 e. The van der Waals surface area contributed by atoms with Gasteiger partial charge in [-0.1, -0.05) is 271 Å². The predicted octanol–water partition coefficient (Wildman–Crippen LogP) is 21.3. The van der Waals surface area contributed by atoms with E-state index in [0.29, 0.717) is 45.6 Å². The zero-order chi connectivity index (χ0) is 68.3. The van der Waals surface area contributed by atoms with Crippen LogP contribution in [0.15, 0.2) is 320 Å². The summed E-state index contributed by atoms with van der Waals surface area (Å²) in [7, 11) is -0.435. The molecule has 100 heavy (non-hydrogen) atoms. The van der Waals surface area contributed by atoms with Crippen LogP contribution in [0, 0.1) is 22.7 Å². The van der Waals surface area contributed by atoms with Crippen molar-refractivity contribution in [2.24, 2.45) is 0 Å². The fourth-order valence-corrected chi connectivity index (χ4v) is 13.3. The van der Waals surface area contributed by atoms with E-state index in [1.54, 1.807) is 0 Å². The van der Waals surface area contributed by atoms with Crippen molar-refractivity contribution in [1.82, 2.24) is 29.1 Å². The zero-order valence-corrected chi connectivity index (χ0v) is 57.0. The minimum Gasteiger partial charge on any atom is -0.399 e. The number of hydrogen-bond donors (Lipinski definition) is 0. The maximum absolute atomic E-state index is 10.2. The van der Waals surface area contributed by atoms with Gasteiger partial charge in [0.15, 0.2) is 11.6 Å². The summed E-state index contributed by atoms with van der Waals surface area (Å²) in [4.78, 5) is 19.5. The molecule has 0 aliphatic carbocycles. The molecule has 4 aromatic heterocycles. The summed E-state index contributed by atoms with van der Waals surface area (Å²) in [6.07, 6.45) is 0. The van der Waals surface area contributed by atoms with Gasteiger partial charge in [0.1, 0.15) is 23.3 Å². The standard InChI is InChI=1S/C41H26N4.C29H26BN3O2.C18H12BrN/c42-27-36-39(30-11-3-1-4-12-30)43-41(44-40(36)31-13-5-2-6-14-31)32-21-19-28(20-22-32)29-23-25-33(26-24-29)45-37-17-9-7-15-34(37)35-16-8-10-18-38(35)45;1-28(2)29(3,4)35-30(34-28)23-17-15-22(16-18-23)27-32-25(20-11-7-5-8-12-20)24(19-31)26(33-27)21-13-9-6-10-14-21;19-13-9-11-14(12-10-13)20-17-7-3-1-5-15(17)16-6-2-4-8-18(16)20/h1-26H;5-18H,1-4H3;1-12H. The van der Waals surface area contributed by atoms with E-state index >= 15 is 0 Å². The maximum atomic E-state index is 10.2. The molecule has 1 saturated heterocycles. The quantitative estimate of drug-likeness (QED) is 0.124. The summed E-state index contributed by atoms with van der Waals surface area (Å²) >= 11 is 3.50. The van der Waals surface area contributed by atoms with Gasteiger partial charge in [0.2, 0.25) is 0 Å². The van der Waals surface area contributed by atoms with E-state index in [0.717, 1.165) is 60.1 Å². The van der Waals surface area contributed by atoms with Gasteiger partial charge in [-0.2, -0.15) is 10.5 Å². The van der Waals surface area contributed by atoms with Gasteiger partial charge in [0.05, 0.1) is 56.0 Å². The molecule has 0 atom stereocenters. The van der Waals surface area contributed by atoms with Crippen LogP contribution in [0.2, 0.25) is 0 Å². The van der Waals surface area contributed by atoms with Crippen molar-refractivity contribution in [3.05, 3.63) is 331 Å². The Morgan fingerprint density at radius 3 is 0.880 bits per heavy atom. The number of fused-ring (bicyclic) bond motifs is 6. The van der Waals surface area contributed by atoms with Gasteiger partial charge in [0.25, 0.3) is 0 Å². The third kappa shape index (κ3) is 12.4. The lowest BCUT2D eigenvalue weighted by atomic mass is 9.79. The Labute approximate surface area is 589 Å². The number of benzene rings is 12. The molecule has 16 aromatic rings. The van der Waals surface area contributed by atoms with E-state index in [1.165, 1.54) is 49.3 Å². The van der Waals surface area contributed by atoms with Crippen LogP contribution in [-0.2, 0) is 9.31 Å². The summed E-state index contributed by atoms with van der Waals surface area (Å²) < 4.78 is 18.1. The first kappa shape index (κ1) is 63.9. The molecule has 10 nitrogen and oxygen atoms in total. The minimum absolute atomic E-state index is 0.401. The molecule has 0 amide bonds. The highest BCUT2D eigenvalue weighted by Crippen LogP contribution is 2.40. The first-order valence-electron chi connectivity index (χ1n) is 33.2. The smallest absolute Gasteiger partial charge is 0.399 e. The molecule has 0 bridgehead atoms. The molecule has 0 radical (unpaired) electrons. The van der Waals surface area contributed by atoms with Gasteiger partial charge < -0.3 is 18.4 Å². The molecule has 5 heterocycles. The van der Waals surface area contributed by atoms with Crippen molar-refractivity contribution in [3.8, 4) is 102 Å². The first-order valence-corrected chi connectivity index (χ1v) is 34.0. The van der Waals surface area contributed by atoms with Crippen LogP contribution in [0.25, 0.3) is 134 Å². The SMILES string of the molecule is Brc1ccc(-n2c3ccccc3c3ccccc32)cc1.CC1(C)OB(c2ccc(-c3nc(-c4ccccc4)c(C#N)c(-c4ccccc4)n3)cc2)OC1(C)C.N#Cc1c(-c2ccccc2)nc(-c2ccc(-c3ccc(-n4c5ccccc5c5ccccc54)cc3)cc2)nc1-c1ccccc1. The van der Waals surface area contributed by atoms with Crippen molar-refractivity contribution in [1.29, 1.82) is 10.5 Å². The number of halogens is 1. The molecular weight excluding hydrogens is 1290 g/mol. The van der Waals surface area contributed by atoms with Crippen LogP contribution in [0.3, 0.4) is 0 Å². The molecule has 12 heteroatoms. The summed E-state index contributed by atoms with van der Waals surface area (Å²) in [5.74, 6) is 1.14. The van der Waals surface area contributed by atoms with Crippen LogP contribution < -0.4 is 5.46 Å². The Morgan fingerprint density at radius 1 is 0.310 bits per heavy atom. The molecule has 0 N–H and O–H groups in total. The van der Waals surface area contributed by atoms with Gasteiger partial charge in [-0.05, 0) is 105 Å². The Hall–Kier alpha value is -12.2. The highest BCUT2D eigenvalue weighted by molar-refractivity contribution is 9.10. The normalized spacial score (nSPS) is 12.9. The molecular formula is C88H64BBrN8O2. The topological polar surface area (TPSA) is 127 Å². The van der Waals surface area contributed by atoms with E-state index in [-0.39, 0.29) is 0 Å². The molecule has 12 aromatic carbocycles. The molecule has 0 unspecified atom stereocenters. The molecule has 0 saturated carbocycles. The van der Waals surface area contributed by atoms with Gasteiger partial charge in [-0.15, -0.1) is 0 Å². The third-order valence-electron chi connectivity index (χ3n) is 18.8. The maximum Gasteiger partial charge on any atom is 0.494 e. The number of nitrogens with zero attached hydrogens (tertiary/aromatic N) is 8. The van der Waals surface area contributed by atoms with E-state index in [2.05, 4.69) is 207 Å². The average molecular weight is 1360 g/mol. The number of hydrogen-bond acceptors (Lipinski definition) is 8. The second kappa shape index (κ2) is 27.4. The molecule has 1 aliphatic heterocycles. The lowest BCUT2D eigenvalue weighted by Crippen LogP contribution is -2.41. The lowest BCUT2D eigenvalue weighted by Gasteiger charge is -2.32. The first-order chi connectivity index (χ1) is 48.9. The van der Waals surface area contributed by atoms with Crippen molar-refractivity contribution < 1.29 is 9.31 Å². The molecule has 478 valence electrons. The van der Waals surface area contributed by atoms with E-state index in [4.69, 9.17) is 29.2 Å². The van der Waals surface area contributed by atoms with Crippen molar-refractivity contribution in [2.45, 2.75) is 38.9 Å². The molecule has 1 aliphatic rings. The van der Waals surface area contributed by atoms with Crippen LogP contribution in [0.4, 0.5) is 0 Å². The van der Waals surface area contributed by atoms with Crippen LogP contribution in [0.5, 0.6) is 0 Å². The summed E-state index contributed by atoms with van der Waals surface area (Å²) in [5, 5.41) is 25.4. The average Bonchev–Trinajstić information content (AvgIpc) is 1.57. The van der Waals surface area contributed by atoms with Crippen LogP contribution in [0.1, 0.15) is 38.8 Å². The lowest BCUT2D eigenvalue weighted by molar-refractivity contribution is 0.00578. The summed E-state index contributed by atoms with van der Waals surface area (Å²) in [6.45, 7) is 8.18. The Morgan fingerprint density at radius 2 is 0.570 bits per heavy atom. The number of aromatic nitrogens is 6. The molecule has 1 fully saturated rings. The fraction of sp³-hybridized carbons (Fsp3) is 0.0682. The predicted molar refractivity (Wildman–Crippen MR) is 410 cm³/mol. The second-order valence-corrected chi connectivity index (χ2v) is 26.4. The monoisotopic (exact) mass is 1350 g/mol. The van der Waals surface area contributed by atoms with Gasteiger partial charge in [0, 0.05) is 70.8 Å². The highest BCUT2D eigenvalue weighted by Gasteiger charge is 2.51. The Bertz CT molecular complexity index is 5490. The number of nitriles is 2. The van der Waals surface area contributed by atoms with Gasteiger partial charge in [-0.25, -0.2) is 19.9 Å². The van der Waals surface area contributed by atoms with Crippen molar-refractivity contribution in [3.63, 3.8) is 0 Å². The number of rotatable bonds is 10. The zero-order valence-electron chi connectivity index (χ0n) is 55.4. The molecule has 0 spiro atoms. The fourth-order valence-electron chi connectivity index (χ4n) is 13.0. The summed E-state index contributed by atoms with van der Waals surface area (Å²) in [6, 6.07) is 112. The third-order valence-corrected chi connectivity index (χ3v) is 19.3. The second-order valence-electron chi connectivity index (χ2n) is 25.5. The van der Waals surface area contributed by atoms with E-state index < -0.39 is 18.3 Å². The molecule has 17 rings (SSSR count). The highest BCUT2D eigenvalue weighted by atomic mass is 79.9. The van der Waals surface area contributed by atoms with E-state index in [9.17, 15) is 10.5 Å². The van der Waals surface area contributed by atoms with Crippen LogP contribution >= 0.6 is 15.9 Å².